The van der Waals surface area contributed by atoms with Crippen LogP contribution in [0.5, 0.6) is 0 Å². The maximum absolute atomic E-state index is 13.1. The summed E-state index contributed by atoms with van der Waals surface area (Å²) in [5, 5.41) is 2.34. The second-order valence-corrected chi connectivity index (χ2v) is 9.64. The van der Waals surface area contributed by atoms with E-state index in [9.17, 15) is 13.2 Å². The van der Waals surface area contributed by atoms with Gasteiger partial charge in [0.15, 0.2) is 15.0 Å². The lowest BCUT2D eigenvalue weighted by atomic mass is 10.2. The molecule has 1 unspecified atom stereocenters. The zero-order valence-corrected chi connectivity index (χ0v) is 16.9. The molecule has 0 spiro atoms. The Morgan fingerprint density at radius 3 is 2.56 bits per heavy atom. The van der Waals surface area contributed by atoms with E-state index in [-0.39, 0.29) is 15.0 Å². The van der Waals surface area contributed by atoms with Gasteiger partial charge in [-0.3, -0.25) is 15.1 Å². The Bertz CT molecular complexity index is 1080. The highest BCUT2D eigenvalue weighted by Gasteiger charge is 2.31. The number of anilines is 1. The normalized spacial score (nSPS) is 12.6. The highest BCUT2D eigenvalue weighted by molar-refractivity contribution is 7.93. The fourth-order valence-corrected chi connectivity index (χ4v) is 6.00. The lowest BCUT2D eigenvalue weighted by molar-refractivity contribution is 0.102. The number of aryl methyl sites for hydroxylation is 1. The first kappa shape index (κ1) is 19.5. The molecular weight excluding hydrogens is 406 g/mol. The molecule has 1 atom stereocenters. The summed E-state index contributed by atoms with van der Waals surface area (Å²) in [5.41, 5.74) is 1.07. The number of halogens is 1. The maximum Gasteiger partial charge on any atom is 0.276 e. The minimum atomic E-state index is -3.72. The minimum absolute atomic E-state index is 0.103. The van der Waals surface area contributed by atoms with Gasteiger partial charge < -0.3 is 0 Å². The van der Waals surface area contributed by atoms with Crippen LogP contribution in [0.2, 0.25) is 5.02 Å². The Kier molecular flexibility index (Phi) is 5.59. The van der Waals surface area contributed by atoms with Crippen LogP contribution in [0.1, 0.15) is 33.9 Å². The largest absolute Gasteiger partial charge is 0.296 e. The molecule has 0 aliphatic carbocycles. The number of pyridine rings is 1. The third kappa shape index (κ3) is 4.02. The number of benzene rings is 1. The molecule has 3 aromatic rings. The molecule has 0 aliphatic heterocycles. The summed E-state index contributed by atoms with van der Waals surface area (Å²) in [7, 11) is -3.72. The summed E-state index contributed by atoms with van der Waals surface area (Å²) in [4.78, 5) is 20.4. The number of nitrogens with one attached hydrogen (secondary N) is 1. The average Bonchev–Trinajstić information content (AvgIpc) is 3.03. The predicted octanol–water partition coefficient (Wildman–Crippen LogP) is 4.29. The number of hydrogen-bond acceptors (Lipinski definition) is 6. The Balaban J connectivity index is 1.89. The van der Waals surface area contributed by atoms with E-state index in [0.717, 1.165) is 11.3 Å². The Morgan fingerprint density at radius 2 is 1.89 bits per heavy atom. The summed E-state index contributed by atoms with van der Waals surface area (Å²) < 4.78 is 26.2. The molecule has 0 fully saturated rings. The number of sulfone groups is 1. The Labute approximate surface area is 166 Å². The molecule has 0 saturated carbocycles. The first-order chi connectivity index (χ1) is 12.8. The third-order valence-corrected chi connectivity index (χ3v) is 8.09. The van der Waals surface area contributed by atoms with E-state index in [4.69, 9.17) is 11.6 Å². The fourth-order valence-electron chi connectivity index (χ4n) is 2.49. The molecular formula is C18H16ClN3O3S2. The van der Waals surface area contributed by atoms with E-state index in [0.29, 0.717) is 16.3 Å². The van der Waals surface area contributed by atoms with E-state index in [2.05, 4.69) is 15.3 Å². The molecule has 1 aromatic carbocycles. The second-order valence-electron chi connectivity index (χ2n) is 5.77. The van der Waals surface area contributed by atoms with E-state index < -0.39 is 21.0 Å². The van der Waals surface area contributed by atoms with Crippen molar-refractivity contribution in [1.29, 1.82) is 0 Å². The number of carbonyl (C=O) groups excluding carboxylic acids is 1. The topological polar surface area (TPSA) is 89.0 Å². The summed E-state index contributed by atoms with van der Waals surface area (Å²) in [6.45, 7) is 3.18. The molecule has 1 amide bonds. The fraction of sp³-hybridized carbons (Fsp3) is 0.167. The molecule has 6 nitrogen and oxygen atoms in total. The Hall–Kier alpha value is -2.29. The zero-order chi connectivity index (χ0) is 19.6. The molecule has 140 valence electrons. The number of hydrogen-bond donors (Lipinski definition) is 1. The van der Waals surface area contributed by atoms with Gasteiger partial charge in [0.25, 0.3) is 5.91 Å². The Morgan fingerprint density at radius 1 is 1.19 bits per heavy atom. The number of aromatic nitrogens is 2. The predicted molar refractivity (Wildman–Crippen MR) is 106 cm³/mol. The number of thiazole rings is 1. The van der Waals surface area contributed by atoms with Crippen LogP contribution in [0.3, 0.4) is 0 Å². The van der Waals surface area contributed by atoms with Crippen molar-refractivity contribution >= 4 is 43.8 Å². The lowest BCUT2D eigenvalue weighted by Crippen LogP contribution is -2.13. The molecule has 0 aliphatic rings. The van der Waals surface area contributed by atoms with E-state index in [1.54, 1.807) is 56.3 Å². The first-order valence-electron chi connectivity index (χ1n) is 7.99. The van der Waals surface area contributed by atoms with Crippen LogP contribution in [-0.2, 0) is 9.84 Å². The van der Waals surface area contributed by atoms with Gasteiger partial charge in [-0.1, -0.05) is 47.2 Å². The van der Waals surface area contributed by atoms with E-state index >= 15 is 0 Å². The van der Waals surface area contributed by atoms with Crippen LogP contribution in [-0.4, -0.2) is 24.3 Å². The molecule has 2 aromatic heterocycles. The van der Waals surface area contributed by atoms with Crippen LogP contribution >= 0.6 is 22.9 Å². The molecule has 9 heteroatoms. The van der Waals surface area contributed by atoms with Crippen LogP contribution in [0, 0.1) is 6.92 Å². The van der Waals surface area contributed by atoms with Crippen LogP contribution < -0.4 is 5.32 Å². The van der Waals surface area contributed by atoms with Crippen molar-refractivity contribution in [1.82, 2.24) is 9.97 Å². The molecule has 1 N–H and O–H groups in total. The van der Waals surface area contributed by atoms with Crippen molar-refractivity contribution < 1.29 is 13.2 Å². The summed E-state index contributed by atoms with van der Waals surface area (Å²) in [6, 6.07) is 11.8. The van der Waals surface area contributed by atoms with E-state index in [1.807, 2.05) is 0 Å². The third-order valence-electron chi connectivity index (χ3n) is 3.94. The van der Waals surface area contributed by atoms with Crippen molar-refractivity contribution in [2.24, 2.45) is 0 Å². The van der Waals surface area contributed by atoms with Gasteiger partial charge in [-0.15, -0.1) is 0 Å². The molecule has 0 saturated heterocycles. The molecule has 27 heavy (non-hydrogen) atoms. The highest BCUT2D eigenvalue weighted by Crippen LogP contribution is 2.37. The second kappa shape index (κ2) is 7.75. The van der Waals surface area contributed by atoms with Gasteiger partial charge in [0.2, 0.25) is 0 Å². The van der Waals surface area contributed by atoms with Gasteiger partial charge in [0, 0.05) is 11.2 Å². The maximum atomic E-state index is 13.1. The van der Waals surface area contributed by atoms with E-state index in [1.165, 1.54) is 6.20 Å². The number of carbonyl (C=O) groups is 1. The van der Waals surface area contributed by atoms with Crippen molar-refractivity contribution in [2.45, 2.75) is 23.3 Å². The van der Waals surface area contributed by atoms with Crippen molar-refractivity contribution in [2.75, 3.05) is 5.32 Å². The van der Waals surface area contributed by atoms with Gasteiger partial charge in [0.05, 0.1) is 10.9 Å². The van der Waals surface area contributed by atoms with Crippen molar-refractivity contribution in [3.8, 4) is 0 Å². The first-order valence-corrected chi connectivity index (χ1v) is 10.7. The number of amides is 1. The average molecular weight is 422 g/mol. The standard InChI is InChI=1S/C18H16ClN3O3S2/c1-11-17(27(24,25)12(2)13-7-3-4-8-14(13)19)26-18(21-11)22-16(23)15-9-5-6-10-20-15/h3-10,12H,1-2H3,(H,21,22,23). The summed E-state index contributed by atoms with van der Waals surface area (Å²) in [6.07, 6.45) is 1.50. The highest BCUT2D eigenvalue weighted by atomic mass is 35.5. The molecule has 0 radical (unpaired) electrons. The molecule has 3 rings (SSSR count). The van der Waals surface area contributed by atoms with Gasteiger partial charge in [-0.2, -0.15) is 0 Å². The summed E-state index contributed by atoms with van der Waals surface area (Å²) >= 11 is 7.07. The SMILES string of the molecule is Cc1nc(NC(=O)c2ccccn2)sc1S(=O)(=O)C(C)c1ccccc1Cl. The molecule has 2 heterocycles. The van der Waals surface area contributed by atoms with Crippen LogP contribution in [0.25, 0.3) is 0 Å². The number of rotatable bonds is 5. The monoisotopic (exact) mass is 421 g/mol. The zero-order valence-electron chi connectivity index (χ0n) is 14.5. The number of nitrogens with zero attached hydrogens (tertiary/aromatic N) is 2. The van der Waals surface area contributed by atoms with Crippen molar-refractivity contribution in [3.05, 3.63) is 70.6 Å². The van der Waals surface area contributed by atoms with Crippen LogP contribution in [0.4, 0.5) is 5.13 Å². The smallest absolute Gasteiger partial charge is 0.276 e. The van der Waals surface area contributed by atoms with Gasteiger partial charge in [-0.25, -0.2) is 13.4 Å². The van der Waals surface area contributed by atoms with Gasteiger partial charge in [0.1, 0.15) is 9.90 Å². The van der Waals surface area contributed by atoms with Crippen molar-refractivity contribution in [3.63, 3.8) is 0 Å². The summed E-state index contributed by atoms with van der Waals surface area (Å²) in [5.74, 6) is -0.451. The molecule has 0 bridgehead atoms. The van der Waals surface area contributed by atoms with Gasteiger partial charge >= 0.3 is 0 Å². The minimum Gasteiger partial charge on any atom is -0.296 e. The quantitative estimate of drug-likeness (QED) is 0.663. The van der Waals surface area contributed by atoms with Gasteiger partial charge in [-0.05, 0) is 37.6 Å². The van der Waals surface area contributed by atoms with Crippen LogP contribution in [0.15, 0.2) is 52.9 Å². The lowest BCUT2D eigenvalue weighted by Gasteiger charge is -2.13.